The van der Waals surface area contributed by atoms with Crippen LogP contribution in [-0.4, -0.2) is 9.97 Å². The van der Waals surface area contributed by atoms with Crippen molar-refractivity contribution in [2.24, 2.45) is 0 Å². The van der Waals surface area contributed by atoms with E-state index in [-0.39, 0.29) is 0 Å². The third-order valence-corrected chi connectivity index (χ3v) is 1.34. The highest BCUT2D eigenvalue weighted by molar-refractivity contribution is 6.31. The zero-order chi connectivity index (χ0) is 6.85. The molecular weight excluding hydrogens is 138 g/mol. The summed E-state index contributed by atoms with van der Waals surface area (Å²) in [5.74, 6) is 0. The molecular formula is C5H6ClN3. The fourth-order valence-electron chi connectivity index (χ4n) is 0.455. The normalized spacial score (nSPS) is 9.56. The van der Waals surface area contributed by atoms with E-state index in [1.807, 2.05) is 0 Å². The highest BCUT2D eigenvalue weighted by Crippen LogP contribution is 2.15. The zero-order valence-corrected chi connectivity index (χ0v) is 5.68. The maximum atomic E-state index is 5.54. The molecule has 0 fully saturated rings. The largest absolute Gasteiger partial charge is 0.395 e. The second kappa shape index (κ2) is 2.19. The number of aryl methyl sites for hydroxylation is 1. The van der Waals surface area contributed by atoms with Crippen molar-refractivity contribution in [3.05, 3.63) is 17.2 Å². The first-order valence-corrected chi connectivity index (χ1v) is 2.82. The van der Waals surface area contributed by atoms with Crippen LogP contribution < -0.4 is 5.73 Å². The van der Waals surface area contributed by atoms with Gasteiger partial charge in [-0.25, -0.2) is 9.97 Å². The van der Waals surface area contributed by atoms with Crippen molar-refractivity contribution in [1.29, 1.82) is 0 Å². The van der Waals surface area contributed by atoms with Gasteiger partial charge in [-0.15, -0.1) is 0 Å². The summed E-state index contributed by atoms with van der Waals surface area (Å²) in [6.45, 7) is 1.78. The van der Waals surface area contributed by atoms with Crippen molar-refractivity contribution in [2.75, 3.05) is 5.73 Å². The maximum Gasteiger partial charge on any atom is 0.155 e. The molecule has 9 heavy (non-hydrogen) atoms. The van der Waals surface area contributed by atoms with Gasteiger partial charge >= 0.3 is 0 Å². The summed E-state index contributed by atoms with van der Waals surface area (Å²) < 4.78 is 0. The average Bonchev–Trinajstić information content (AvgIpc) is 1.83. The van der Waals surface area contributed by atoms with E-state index in [9.17, 15) is 0 Å². The van der Waals surface area contributed by atoms with Crippen molar-refractivity contribution < 1.29 is 0 Å². The Morgan fingerprint density at radius 3 is 2.67 bits per heavy atom. The molecule has 0 bridgehead atoms. The lowest BCUT2D eigenvalue weighted by Crippen LogP contribution is -1.94. The Morgan fingerprint density at radius 1 is 1.56 bits per heavy atom. The Bertz CT molecular complexity index is 203. The van der Waals surface area contributed by atoms with Gasteiger partial charge in [0.1, 0.15) is 6.33 Å². The molecule has 0 spiro atoms. The first-order valence-electron chi connectivity index (χ1n) is 2.44. The van der Waals surface area contributed by atoms with E-state index in [1.165, 1.54) is 6.33 Å². The average molecular weight is 144 g/mol. The van der Waals surface area contributed by atoms with Crippen LogP contribution in [0.25, 0.3) is 0 Å². The van der Waals surface area contributed by atoms with Crippen molar-refractivity contribution in [3.8, 4) is 0 Å². The van der Waals surface area contributed by atoms with Crippen molar-refractivity contribution in [3.63, 3.8) is 0 Å². The van der Waals surface area contributed by atoms with Gasteiger partial charge in [0, 0.05) is 0 Å². The predicted molar refractivity (Wildman–Crippen MR) is 36.2 cm³/mol. The van der Waals surface area contributed by atoms with Gasteiger partial charge in [-0.05, 0) is 6.92 Å². The number of hydrogen-bond donors (Lipinski definition) is 1. The Hall–Kier alpha value is -0.830. The molecule has 0 aliphatic heterocycles. The molecule has 1 rings (SSSR count). The van der Waals surface area contributed by atoms with Crippen LogP contribution in [0.15, 0.2) is 6.33 Å². The molecule has 3 nitrogen and oxygen atoms in total. The van der Waals surface area contributed by atoms with E-state index in [1.54, 1.807) is 6.92 Å². The van der Waals surface area contributed by atoms with E-state index >= 15 is 0 Å². The second-order valence-electron chi connectivity index (χ2n) is 1.66. The van der Waals surface area contributed by atoms with Crippen LogP contribution in [0.4, 0.5) is 5.69 Å². The smallest absolute Gasteiger partial charge is 0.155 e. The highest BCUT2D eigenvalue weighted by atomic mass is 35.5. The topological polar surface area (TPSA) is 51.8 Å². The van der Waals surface area contributed by atoms with Crippen molar-refractivity contribution >= 4 is 17.3 Å². The number of nitrogen functional groups attached to an aromatic ring is 1. The minimum atomic E-state index is 0.322. The molecule has 48 valence electrons. The molecule has 1 aromatic rings. The molecule has 0 atom stereocenters. The van der Waals surface area contributed by atoms with Gasteiger partial charge in [0.15, 0.2) is 5.15 Å². The summed E-state index contributed by atoms with van der Waals surface area (Å²) in [4.78, 5) is 7.49. The van der Waals surface area contributed by atoms with E-state index in [0.29, 0.717) is 10.8 Å². The fourth-order valence-corrected chi connectivity index (χ4v) is 0.635. The number of halogens is 1. The summed E-state index contributed by atoms with van der Waals surface area (Å²) in [6, 6.07) is 0. The highest BCUT2D eigenvalue weighted by Gasteiger charge is 1.98. The van der Waals surface area contributed by atoms with Crippen LogP contribution >= 0.6 is 11.6 Å². The third kappa shape index (κ3) is 1.10. The molecule has 1 heterocycles. The van der Waals surface area contributed by atoms with Crippen LogP contribution in [0.3, 0.4) is 0 Å². The molecule has 0 aromatic carbocycles. The number of anilines is 1. The van der Waals surface area contributed by atoms with Crippen LogP contribution in [0.5, 0.6) is 0 Å². The maximum absolute atomic E-state index is 5.54. The van der Waals surface area contributed by atoms with Gasteiger partial charge in [-0.1, -0.05) is 11.6 Å². The van der Waals surface area contributed by atoms with Gasteiger partial charge in [-0.2, -0.15) is 0 Å². The third-order valence-electron chi connectivity index (χ3n) is 1.03. The van der Waals surface area contributed by atoms with Crippen molar-refractivity contribution in [1.82, 2.24) is 9.97 Å². The summed E-state index contributed by atoms with van der Waals surface area (Å²) in [5.41, 5.74) is 6.60. The lowest BCUT2D eigenvalue weighted by atomic mass is 10.4. The van der Waals surface area contributed by atoms with Gasteiger partial charge < -0.3 is 5.73 Å². The van der Waals surface area contributed by atoms with Crippen molar-refractivity contribution in [2.45, 2.75) is 6.92 Å². The molecule has 0 amide bonds. The van der Waals surface area contributed by atoms with Gasteiger partial charge in [0.2, 0.25) is 0 Å². The lowest BCUT2D eigenvalue weighted by Gasteiger charge is -1.96. The van der Waals surface area contributed by atoms with Crippen LogP contribution in [0, 0.1) is 6.92 Å². The minimum absolute atomic E-state index is 0.322. The number of hydrogen-bond acceptors (Lipinski definition) is 3. The Kier molecular flexibility index (Phi) is 1.53. The number of aromatic nitrogens is 2. The summed E-state index contributed by atoms with van der Waals surface area (Å²) in [6.07, 6.45) is 1.38. The summed E-state index contributed by atoms with van der Waals surface area (Å²) in [5, 5.41) is 0.322. The molecule has 0 aliphatic rings. The molecule has 0 saturated heterocycles. The SMILES string of the molecule is Cc1ncnc(Cl)c1N. The van der Waals surface area contributed by atoms with Gasteiger partial charge in [0.05, 0.1) is 11.4 Å². The van der Waals surface area contributed by atoms with Crippen LogP contribution in [0.1, 0.15) is 5.69 Å². The molecule has 0 aliphatic carbocycles. The van der Waals surface area contributed by atoms with Crippen LogP contribution in [-0.2, 0) is 0 Å². The first kappa shape index (κ1) is 6.29. The minimum Gasteiger partial charge on any atom is -0.395 e. The second-order valence-corrected chi connectivity index (χ2v) is 2.02. The van der Waals surface area contributed by atoms with Gasteiger partial charge in [-0.3, -0.25) is 0 Å². The Morgan fingerprint density at radius 2 is 2.22 bits per heavy atom. The van der Waals surface area contributed by atoms with E-state index in [4.69, 9.17) is 17.3 Å². The zero-order valence-electron chi connectivity index (χ0n) is 4.93. The molecule has 2 N–H and O–H groups in total. The van der Waals surface area contributed by atoms with Gasteiger partial charge in [0.25, 0.3) is 0 Å². The summed E-state index contributed by atoms with van der Waals surface area (Å²) >= 11 is 5.54. The summed E-state index contributed by atoms with van der Waals surface area (Å²) in [7, 11) is 0. The molecule has 4 heteroatoms. The first-order chi connectivity index (χ1) is 4.22. The number of nitrogens with two attached hydrogens (primary N) is 1. The molecule has 0 unspecified atom stereocenters. The Balaban J connectivity index is 3.25. The standard InChI is InChI=1S/C5H6ClN3/c1-3-4(7)5(6)9-2-8-3/h2H,7H2,1H3. The van der Waals surface area contributed by atoms with E-state index < -0.39 is 0 Å². The monoisotopic (exact) mass is 143 g/mol. The molecule has 0 saturated carbocycles. The number of nitrogens with zero attached hydrogens (tertiary/aromatic N) is 2. The molecule has 1 aromatic heterocycles. The Labute approximate surface area is 57.9 Å². The lowest BCUT2D eigenvalue weighted by molar-refractivity contribution is 1.11. The number of rotatable bonds is 0. The van der Waals surface area contributed by atoms with E-state index in [0.717, 1.165) is 5.69 Å². The quantitative estimate of drug-likeness (QED) is 0.552. The molecule has 0 radical (unpaired) electrons. The fraction of sp³-hybridized carbons (Fsp3) is 0.200. The van der Waals surface area contributed by atoms with E-state index in [2.05, 4.69) is 9.97 Å². The van der Waals surface area contributed by atoms with Crippen LogP contribution in [0.2, 0.25) is 5.15 Å². The predicted octanol–water partition coefficient (Wildman–Crippen LogP) is 1.02.